The predicted molar refractivity (Wildman–Crippen MR) is 68.8 cm³/mol. The molecule has 2 rings (SSSR count). The van der Waals surface area contributed by atoms with Crippen LogP contribution in [-0.2, 0) is 9.53 Å². The third kappa shape index (κ3) is 3.78. The molecule has 0 aliphatic carbocycles. The standard InChI is InChI=1S/C12H15BrN2O2/c13-12-10(5-3-6-14-12)15-11(16)8-9-4-1-2-7-17-9/h3,5-6,9H,1-2,4,7-8H2,(H,15,16). The molecule has 1 amide bonds. The molecule has 0 spiro atoms. The molecule has 1 aliphatic heterocycles. The quantitative estimate of drug-likeness (QED) is 0.873. The van der Waals surface area contributed by atoms with Crippen LogP contribution in [0.5, 0.6) is 0 Å². The van der Waals surface area contributed by atoms with E-state index in [2.05, 4.69) is 26.2 Å². The molecule has 1 aromatic rings. The number of pyridine rings is 1. The number of nitrogens with one attached hydrogen (secondary N) is 1. The summed E-state index contributed by atoms with van der Waals surface area (Å²) in [5.74, 6) is -0.0226. The number of nitrogens with zero attached hydrogens (tertiary/aromatic N) is 1. The summed E-state index contributed by atoms with van der Waals surface area (Å²) in [6.45, 7) is 0.772. The van der Waals surface area contributed by atoms with E-state index in [1.807, 2.05) is 6.07 Å². The van der Waals surface area contributed by atoms with Gasteiger partial charge in [0.05, 0.1) is 18.2 Å². The first-order valence-corrected chi connectivity index (χ1v) is 6.57. The Labute approximate surface area is 109 Å². The zero-order valence-corrected chi connectivity index (χ0v) is 11.1. The summed E-state index contributed by atoms with van der Waals surface area (Å²) in [6, 6.07) is 3.61. The van der Waals surface area contributed by atoms with Gasteiger partial charge in [0.1, 0.15) is 4.60 Å². The zero-order chi connectivity index (χ0) is 12.1. The van der Waals surface area contributed by atoms with Crippen LogP contribution in [0.25, 0.3) is 0 Å². The van der Waals surface area contributed by atoms with Crippen LogP contribution in [0.15, 0.2) is 22.9 Å². The van der Waals surface area contributed by atoms with Gasteiger partial charge in [0.25, 0.3) is 0 Å². The van der Waals surface area contributed by atoms with Gasteiger partial charge in [-0.25, -0.2) is 4.98 Å². The van der Waals surface area contributed by atoms with Gasteiger partial charge in [0.15, 0.2) is 0 Å². The third-order valence-electron chi connectivity index (χ3n) is 2.72. The van der Waals surface area contributed by atoms with Gasteiger partial charge in [-0.1, -0.05) is 0 Å². The Morgan fingerprint density at radius 2 is 2.47 bits per heavy atom. The lowest BCUT2D eigenvalue weighted by molar-refractivity contribution is -0.119. The number of aromatic nitrogens is 1. The number of halogens is 1. The van der Waals surface area contributed by atoms with Gasteiger partial charge in [-0.3, -0.25) is 4.79 Å². The number of carbonyl (C=O) groups excluding carboxylic acids is 1. The fourth-order valence-electron chi connectivity index (χ4n) is 1.86. The van der Waals surface area contributed by atoms with E-state index in [-0.39, 0.29) is 12.0 Å². The van der Waals surface area contributed by atoms with E-state index in [9.17, 15) is 4.79 Å². The number of hydrogen-bond acceptors (Lipinski definition) is 3. The van der Waals surface area contributed by atoms with Gasteiger partial charge in [0, 0.05) is 12.8 Å². The summed E-state index contributed by atoms with van der Waals surface area (Å²) in [7, 11) is 0. The minimum Gasteiger partial charge on any atom is -0.378 e. The van der Waals surface area contributed by atoms with Gasteiger partial charge in [0.2, 0.25) is 5.91 Å². The number of hydrogen-bond donors (Lipinski definition) is 1. The van der Waals surface area contributed by atoms with Crippen molar-refractivity contribution < 1.29 is 9.53 Å². The van der Waals surface area contributed by atoms with Crippen LogP contribution in [0.4, 0.5) is 5.69 Å². The maximum Gasteiger partial charge on any atom is 0.227 e. The van der Waals surface area contributed by atoms with Crippen molar-refractivity contribution >= 4 is 27.5 Å². The van der Waals surface area contributed by atoms with Crippen LogP contribution in [0.1, 0.15) is 25.7 Å². The summed E-state index contributed by atoms with van der Waals surface area (Å²) in [6.07, 6.45) is 5.38. The molecule has 4 nitrogen and oxygen atoms in total. The Morgan fingerprint density at radius 3 is 3.18 bits per heavy atom. The molecule has 17 heavy (non-hydrogen) atoms. The van der Waals surface area contributed by atoms with Crippen molar-refractivity contribution in [2.75, 3.05) is 11.9 Å². The monoisotopic (exact) mass is 298 g/mol. The second kappa shape index (κ2) is 6.12. The topological polar surface area (TPSA) is 51.2 Å². The molecule has 1 aliphatic rings. The van der Waals surface area contributed by atoms with Crippen molar-refractivity contribution in [3.8, 4) is 0 Å². The molecule has 1 saturated heterocycles. The third-order valence-corrected chi connectivity index (χ3v) is 3.35. The largest absolute Gasteiger partial charge is 0.378 e. The Morgan fingerprint density at radius 1 is 1.59 bits per heavy atom. The van der Waals surface area contributed by atoms with Crippen LogP contribution in [0.3, 0.4) is 0 Å². The SMILES string of the molecule is O=C(CC1CCCCO1)Nc1cccnc1Br. The number of carbonyl (C=O) groups is 1. The lowest BCUT2D eigenvalue weighted by Crippen LogP contribution is -2.25. The second-order valence-electron chi connectivity index (χ2n) is 4.08. The van der Waals surface area contributed by atoms with Crippen molar-refractivity contribution in [3.05, 3.63) is 22.9 Å². The van der Waals surface area contributed by atoms with Gasteiger partial charge < -0.3 is 10.1 Å². The first-order valence-electron chi connectivity index (χ1n) is 5.77. The molecule has 0 aromatic carbocycles. The van der Waals surface area contributed by atoms with E-state index < -0.39 is 0 Å². The van der Waals surface area contributed by atoms with Crippen LogP contribution in [-0.4, -0.2) is 23.6 Å². The fourth-order valence-corrected chi connectivity index (χ4v) is 2.21. The van der Waals surface area contributed by atoms with Crippen molar-refractivity contribution in [2.45, 2.75) is 31.8 Å². The average molecular weight is 299 g/mol. The number of amides is 1. The van der Waals surface area contributed by atoms with Crippen LogP contribution < -0.4 is 5.32 Å². The van der Waals surface area contributed by atoms with E-state index in [1.165, 1.54) is 0 Å². The second-order valence-corrected chi connectivity index (χ2v) is 4.83. The fraction of sp³-hybridized carbons (Fsp3) is 0.500. The van der Waals surface area contributed by atoms with Crippen LogP contribution in [0, 0.1) is 0 Å². The smallest absolute Gasteiger partial charge is 0.227 e. The lowest BCUT2D eigenvalue weighted by atomic mass is 10.1. The maximum absolute atomic E-state index is 11.8. The molecule has 0 bridgehead atoms. The number of anilines is 1. The Balaban J connectivity index is 1.86. The molecule has 1 aromatic heterocycles. The highest BCUT2D eigenvalue weighted by atomic mass is 79.9. The van der Waals surface area contributed by atoms with Gasteiger partial charge >= 0.3 is 0 Å². The van der Waals surface area contributed by atoms with Crippen molar-refractivity contribution in [2.24, 2.45) is 0 Å². The number of ether oxygens (including phenoxy) is 1. The number of rotatable bonds is 3. The van der Waals surface area contributed by atoms with Crippen molar-refractivity contribution in [1.29, 1.82) is 0 Å². The van der Waals surface area contributed by atoms with Gasteiger partial charge in [-0.05, 0) is 47.3 Å². The van der Waals surface area contributed by atoms with Gasteiger partial charge in [-0.2, -0.15) is 0 Å². The van der Waals surface area contributed by atoms with Gasteiger partial charge in [-0.15, -0.1) is 0 Å². The summed E-state index contributed by atoms with van der Waals surface area (Å²) in [4.78, 5) is 15.8. The van der Waals surface area contributed by atoms with Crippen LogP contribution >= 0.6 is 15.9 Å². The lowest BCUT2D eigenvalue weighted by Gasteiger charge is -2.21. The summed E-state index contributed by atoms with van der Waals surface area (Å²) >= 11 is 3.29. The zero-order valence-electron chi connectivity index (χ0n) is 9.49. The van der Waals surface area contributed by atoms with E-state index in [0.29, 0.717) is 16.7 Å². The molecule has 0 saturated carbocycles. The first kappa shape index (κ1) is 12.5. The molecule has 1 fully saturated rings. The highest BCUT2D eigenvalue weighted by Crippen LogP contribution is 2.20. The molecule has 92 valence electrons. The van der Waals surface area contributed by atoms with E-state index >= 15 is 0 Å². The molecule has 1 unspecified atom stereocenters. The van der Waals surface area contributed by atoms with E-state index in [4.69, 9.17) is 4.74 Å². The Kier molecular flexibility index (Phi) is 4.50. The maximum atomic E-state index is 11.8. The molecule has 0 radical (unpaired) electrons. The minimum absolute atomic E-state index is 0.0226. The highest BCUT2D eigenvalue weighted by Gasteiger charge is 2.18. The first-order chi connectivity index (χ1) is 8.25. The summed E-state index contributed by atoms with van der Waals surface area (Å²) in [5.41, 5.74) is 0.702. The normalized spacial score (nSPS) is 19.9. The predicted octanol–water partition coefficient (Wildman–Crippen LogP) is 2.74. The summed E-state index contributed by atoms with van der Waals surface area (Å²) < 4.78 is 6.18. The van der Waals surface area contributed by atoms with E-state index in [0.717, 1.165) is 25.9 Å². The van der Waals surface area contributed by atoms with Crippen molar-refractivity contribution in [1.82, 2.24) is 4.98 Å². The van der Waals surface area contributed by atoms with Crippen LogP contribution in [0.2, 0.25) is 0 Å². The minimum atomic E-state index is -0.0226. The Hall–Kier alpha value is -0.940. The molecule has 2 heterocycles. The Bertz CT molecular complexity index is 392. The van der Waals surface area contributed by atoms with E-state index in [1.54, 1.807) is 12.3 Å². The molecular weight excluding hydrogens is 284 g/mol. The van der Waals surface area contributed by atoms with Crippen molar-refractivity contribution in [3.63, 3.8) is 0 Å². The molecular formula is C12H15BrN2O2. The molecule has 5 heteroatoms. The molecule has 1 atom stereocenters. The average Bonchev–Trinajstić information content (AvgIpc) is 2.33. The molecule has 1 N–H and O–H groups in total. The highest BCUT2D eigenvalue weighted by molar-refractivity contribution is 9.10. The summed E-state index contributed by atoms with van der Waals surface area (Å²) in [5, 5.41) is 2.83.